The first-order valence-electron chi connectivity index (χ1n) is 7.03. The summed E-state index contributed by atoms with van der Waals surface area (Å²) in [6, 6.07) is 2.32. The molecule has 0 radical (unpaired) electrons. The molecule has 1 rings (SSSR count). The minimum absolute atomic E-state index is 0.267. The van der Waals surface area contributed by atoms with Crippen LogP contribution in [-0.4, -0.2) is 40.9 Å². The summed E-state index contributed by atoms with van der Waals surface area (Å²) in [5, 5.41) is 9.36. The summed E-state index contributed by atoms with van der Waals surface area (Å²) < 4.78 is 181. The van der Waals surface area contributed by atoms with E-state index in [1.165, 1.54) is 0 Å². The Bertz CT molecular complexity index is 723. The van der Waals surface area contributed by atoms with E-state index in [2.05, 4.69) is 0 Å². The largest absolute Gasteiger partial charge is 0.460 e. The highest BCUT2D eigenvalue weighted by molar-refractivity contribution is 5.20. The van der Waals surface area contributed by atoms with Gasteiger partial charge in [0.1, 0.15) is 5.82 Å². The van der Waals surface area contributed by atoms with Gasteiger partial charge in [0.25, 0.3) is 0 Å². The average Bonchev–Trinajstić information content (AvgIpc) is 2.52. The molecule has 1 unspecified atom stereocenters. The Morgan fingerprint density at radius 3 is 1.55 bits per heavy atom. The van der Waals surface area contributed by atoms with E-state index in [9.17, 15) is 66.6 Å². The Kier molecular flexibility index (Phi) is 6.23. The Labute approximate surface area is 151 Å². The number of aliphatic hydroxyl groups is 1. The highest BCUT2D eigenvalue weighted by atomic mass is 19.4. The van der Waals surface area contributed by atoms with E-state index in [-0.39, 0.29) is 6.07 Å². The van der Waals surface area contributed by atoms with E-state index < -0.39 is 59.7 Å². The maximum Gasteiger partial charge on any atom is 0.460 e. The smallest absolute Gasteiger partial charge is 0.388 e. The van der Waals surface area contributed by atoms with Gasteiger partial charge in [-0.05, 0) is 17.7 Å². The second kappa shape index (κ2) is 7.16. The molecule has 0 fully saturated rings. The molecule has 1 atom stereocenters. The molecule has 15 heteroatoms. The van der Waals surface area contributed by atoms with Gasteiger partial charge in [0.15, 0.2) is 0 Å². The van der Waals surface area contributed by atoms with Gasteiger partial charge in [0.05, 0.1) is 6.10 Å². The van der Waals surface area contributed by atoms with Crippen LogP contribution >= 0.6 is 0 Å². The van der Waals surface area contributed by atoms with Gasteiger partial charge in [-0.2, -0.15) is 57.1 Å². The molecule has 0 amide bonds. The fraction of sp³-hybridized carbons (Fsp3) is 0.571. The number of aliphatic hydroxyl groups excluding tert-OH is 1. The first-order chi connectivity index (χ1) is 12.6. The van der Waals surface area contributed by atoms with Gasteiger partial charge in [-0.3, -0.25) is 0 Å². The van der Waals surface area contributed by atoms with Crippen LogP contribution in [0.1, 0.15) is 18.1 Å². The molecular formula is C14H8F14O. The van der Waals surface area contributed by atoms with Gasteiger partial charge < -0.3 is 5.11 Å². The van der Waals surface area contributed by atoms with E-state index in [1.54, 1.807) is 0 Å². The second-order valence-electron chi connectivity index (χ2n) is 5.77. The van der Waals surface area contributed by atoms with Crippen molar-refractivity contribution in [1.29, 1.82) is 0 Å². The van der Waals surface area contributed by atoms with Crippen LogP contribution in [0.3, 0.4) is 0 Å². The molecule has 1 N–H and O–H groups in total. The quantitative estimate of drug-likeness (QED) is 0.498. The van der Waals surface area contributed by atoms with Crippen molar-refractivity contribution in [3.8, 4) is 0 Å². The lowest BCUT2D eigenvalue weighted by Gasteiger charge is -2.40. The highest BCUT2D eigenvalue weighted by Crippen LogP contribution is 2.61. The SMILES string of the molecule is OC(CC(F)(F)C(F)(F)C(F)(F)C(F)(F)C(F)(F)C(F)(F)F)c1cccc(F)c1. The van der Waals surface area contributed by atoms with Crippen molar-refractivity contribution in [2.45, 2.75) is 48.3 Å². The third-order valence-electron chi connectivity index (χ3n) is 3.68. The number of halogens is 14. The van der Waals surface area contributed by atoms with Crippen LogP contribution in [0.15, 0.2) is 24.3 Å². The van der Waals surface area contributed by atoms with Gasteiger partial charge >= 0.3 is 35.8 Å². The van der Waals surface area contributed by atoms with Crippen molar-refractivity contribution < 1.29 is 66.6 Å². The second-order valence-corrected chi connectivity index (χ2v) is 5.77. The standard InChI is InChI=1S/C14H8F14O/c15-7-3-1-2-6(4-7)8(29)5-9(16,17)10(18,19)11(20,21)12(22,23)13(24,25)14(26,27)28/h1-4,8,29H,5H2. The minimum Gasteiger partial charge on any atom is -0.388 e. The number of benzene rings is 1. The third-order valence-corrected chi connectivity index (χ3v) is 3.68. The highest BCUT2D eigenvalue weighted by Gasteiger charge is 2.90. The van der Waals surface area contributed by atoms with E-state index in [4.69, 9.17) is 0 Å². The molecule has 29 heavy (non-hydrogen) atoms. The topological polar surface area (TPSA) is 20.2 Å². The maximum absolute atomic E-state index is 13.6. The van der Waals surface area contributed by atoms with Gasteiger partial charge in [0.2, 0.25) is 0 Å². The van der Waals surface area contributed by atoms with Crippen molar-refractivity contribution in [3.05, 3.63) is 35.6 Å². The number of hydrogen-bond donors (Lipinski definition) is 1. The first-order valence-corrected chi connectivity index (χ1v) is 7.03. The zero-order chi connectivity index (χ0) is 23.3. The lowest BCUT2D eigenvalue weighted by atomic mass is 9.90. The van der Waals surface area contributed by atoms with E-state index in [1.807, 2.05) is 0 Å². The number of alkyl halides is 13. The molecule has 0 spiro atoms. The van der Waals surface area contributed by atoms with Gasteiger partial charge in [-0.1, -0.05) is 12.1 Å². The van der Waals surface area contributed by atoms with Crippen LogP contribution in [0.2, 0.25) is 0 Å². The molecule has 0 aliphatic rings. The van der Waals surface area contributed by atoms with Crippen LogP contribution in [0.5, 0.6) is 0 Å². The molecule has 0 aromatic heterocycles. The van der Waals surface area contributed by atoms with Gasteiger partial charge in [-0.25, -0.2) is 4.39 Å². The van der Waals surface area contributed by atoms with Crippen LogP contribution in [0.25, 0.3) is 0 Å². The number of hydrogen-bond acceptors (Lipinski definition) is 1. The van der Waals surface area contributed by atoms with Crippen molar-refractivity contribution >= 4 is 0 Å². The van der Waals surface area contributed by atoms with E-state index in [0.29, 0.717) is 12.1 Å². The maximum atomic E-state index is 13.6. The summed E-state index contributed by atoms with van der Waals surface area (Å²) in [4.78, 5) is 0. The molecule has 0 saturated heterocycles. The van der Waals surface area contributed by atoms with E-state index in [0.717, 1.165) is 6.07 Å². The number of rotatable bonds is 7. The van der Waals surface area contributed by atoms with Crippen LogP contribution < -0.4 is 0 Å². The summed E-state index contributed by atoms with van der Waals surface area (Å²) in [7, 11) is 0. The predicted molar refractivity (Wildman–Crippen MR) is 66.8 cm³/mol. The summed E-state index contributed by atoms with van der Waals surface area (Å²) in [5.74, 6) is -38.9. The predicted octanol–water partition coefficient (Wildman–Crippen LogP) is 5.99. The fourth-order valence-corrected chi connectivity index (χ4v) is 2.00. The Balaban J connectivity index is 3.35. The van der Waals surface area contributed by atoms with Crippen LogP contribution in [0, 0.1) is 5.82 Å². The first kappa shape index (κ1) is 25.2. The molecule has 1 nitrogen and oxygen atoms in total. The normalized spacial score (nSPS) is 16.1. The lowest BCUT2D eigenvalue weighted by molar-refractivity contribution is -0.440. The molecule has 0 bridgehead atoms. The molecule has 0 heterocycles. The summed E-state index contributed by atoms with van der Waals surface area (Å²) in [6.45, 7) is 0. The monoisotopic (exact) mass is 458 g/mol. The van der Waals surface area contributed by atoms with Crippen LogP contribution in [0.4, 0.5) is 61.5 Å². The molecule has 0 saturated carbocycles. The van der Waals surface area contributed by atoms with Gasteiger partial charge in [0, 0.05) is 6.42 Å². The molecule has 0 aliphatic heterocycles. The Hall–Kier alpha value is -1.80. The molecule has 1 aromatic rings. The average molecular weight is 458 g/mol. The lowest BCUT2D eigenvalue weighted by Crippen LogP contribution is -2.70. The molecule has 0 aliphatic carbocycles. The summed E-state index contributed by atoms with van der Waals surface area (Å²) in [6.07, 6.45) is -13.2. The van der Waals surface area contributed by atoms with Crippen molar-refractivity contribution in [2.24, 2.45) is 0 Å². The van der Waals surface area contributed by atoms with Gasteiger partial charge in [-0.15, -0.1) is 0 Å². The van der Waals surface area contributed by atoms with Crippen molar-refractivity contribution in [1.82, 2.24) is 0 Å². The van der Waals surface area contributed by atoms with E-state index >= 15 is 0 Å². The van der Waals surface area contributed by atoms with Crippen molar-refractivity contribution in [3.63, 3.8) is 0 Å². The third kappa shape index (κ3) is 3.97. The zero-order valence-corrected chi connectivity index (χ0v) is 13.3. The van der Waals surface area contributed by atoms with Crippen molar-refractivity contribution in [2.75, 3.05) is 0 Å². The van der Waals surface area contributed by atoms with Crippen LogP contribution in [-0.2, 0) is 0 Å². The fourth-order valence-electron chi connectivity index (χ4n) is 2.00. The minimum atomic E-state index is -8.00. The Morgan fingerprint density at radius 1 is 0.690 bits per heavy atom. The molecule has 1 aromatic carbocycles. The Morgan fingerprint density at radius 2 is 1.14 bits per heavy atom. The summed E-state index contributed by atoms with van der Waals surface area (Å²) >= 11 is 0. The summed E-state index contributed by atoms with van der Waals surface area (Å²) in [5.41, 5.74) is -0.920. The molecular weight excluding hydrogens is 450 g/mol. The zero-order valence-electron chi connectivity index (χ0n) is 13.3. The molecule has 168 valence electrons.